The maximum atomic E-state index is 12.1. The summed E-state index contributed by atoms with van der Waals surface area (Å²) in [6.07, 6.45) is 0. The Hall–Kier alpha value is -1.63. The molecule has 0 aromatic carbocycles. The van der Waals surface area contributed by atoms with Gasteiger partial charge in [0.05, 0.1) is 12.2 Å². The number of thiazole rings is 1. The van der Waals surface area contributed by atoms with E-state index in [2.05, 4.69) is 10.3 Å². The van der Waals surface area contributed by atoms with Gasteiger partial charge in [0.1, 0.15) is 4.88 Å². The van der Waals surface area contributed by atoms with Crippen molar-refractivity contribution in [1.82, 2.24) is 15.2 Å². The molecule has 0 aliphatic carbocycles. The Morgan fingerprint density at radius 2 is 2.18 bits per heavy atom. The van der Waals surface area contributed by atoms with Crippen molar-refractivity contribution in [1.29, 1.82) is 0 Å². The van der Waals surface area contributed by atoms with Crippen LogP contribution in [0, 0.1) is 6.92 Å². The van der Waals surface area contributed by atoms with Gasteiger partial charge in [0.15, 0.2) is 5.13 Å². The van der Waals surface area contributed by atoms with E-state index in [1.54, 1.807) is 6.92 Å². The van der Waals surface area contributed by atoms with Crippen molar-refractivity contribution in [2.45, 2.75) is 13.8 Å². The quantitative estimate of drug-likeness (QED) is 0.807. The van der Waals surface area contributed by atoms with Gasteiger partial charge in [-0.15, -0.1) is 0 Å². The number of rotatable bonds is 4. The van der Waals surface area contributed by atoms with Crippen LogP contribution in [-0.2, 0) is 4.79 Å². The number of likely N-dealkylation sites (N-methyl/N-ethyl adjacent to an activating group) is 2. The zero-order valence-corrected chi connectivity index (χ0v) is 10.9. The summed E-state index contributed by atoms with van der Waals surface area (Å²) in [7, 11) is 1.54. The van der Waals surface area contributed by atoms with Crippen molar-refractivity contribution >= 4 is 28.3 Å². The molecule has 1 aromatic rings. The lowest BCUT2D eigenvalue weighted by Gasteiger charge is -2.19. The van der Waals surface area contributed by atoms with Crippen molar-refractivity contribution in [3.63, 3.8) is 0 Å². The Morgan fingerprint density at radius 1 is 1.53 bits per heavy atom. The van der Waals surface area contributed by atoms with Crippen LogP contribution in [0.5, 0.6) is 0 Å². The molecule has 1 heterocycles. The summed E-state index contributed by atoms with van der Waals surface area (Å²) in [5.74, 6) is -0.404. The van der Waals surface area contributed by atoms with Gasteiger partial charge in [-0.1, -0.05) is 11.3 Å². The number of aromatic nitrogens is 1. The lowest BCUT2D eigenvalue weighted by molar-refractivity contribution is -0.121. The van der Waals surface area contributed by atoms with Crippen molar-refractivity contribution in [2.75, 3.05) is 25.9 Å². The molecular weight excluding hydrogens is 240 g/mol. The van der Waals surface area contributed by atoms with Crippen LogP contribution < -0.4 is 11.1 Å². The Bertz CT molecular complexity index is 430. The maximum absolute atomic E-state index is 12.1. The van der Waals surface area contributed by atoms with Crippen molar-refractivity contribution in [2.24, 2.45) is 0 Å². The van der Waals surface area contributed by atoms with Crippen LogP contribution >= 0.6 is 11.3 Å². The van der Waals surface area contributed by atoms with Crippen LogP contribution in [0.15, 0.2) is 0 Å². The summed E-state index contributed by atoms with van der Waals surface area (Å²) >= 11 is 1.14. The van der Waals surface area contributed by atoms with Gasteiger partial charge in [-0.2, -0.15) is 0 Å². The molecule has 6 nitrogen and oxygen atoms in total. The normalized spacial score (nSPS) is 10.1. The van der Waals surface area contributed by atoms with E-state index in [9.17, 15) is 9.59 Å². The second-order valence-corrected chi connectivity index (χ2v) is 4.49. The minimum atomic E-state index is -0.206. The highest BCUT2D eigenvalue weighted by Crippen LogP contribution is 2.21. The summed E-state index contributed by atoms with van der Waals surface area (Å²) in [6.45, 7) is 4.06. The molecule has 94 valence electrons. The van der Waals surface area contributed by atoms with Crippen LogP contribution in [0.1, 0.15) is 22.3 Å². The summed E-state index contributed by atoms with van der Waals surface area (Å²) in [4.78, 5) is 29.3. The Balaban J connectivity index is 2.86. The van der Waals surface area contributed by atoms with E-state index in [0.717, 1.165) is 11.3 Å². The molecule has 1 rings (SSSR count). The summed E-state index contributed by atoms with van der Waals surface area (Å²) in [6, 6.07) is 0. The van der Waals surface area contributed by atoms with Crippen LogP contribution in [0.4, 0.5) is 5.13 Å². The fraction of sp³-hybridized carbons (Fsp3) is 0.500. The van der Waals surface area contributed by atoms with E-state index in [0.29, 0.717) is 22.2 Å². The van der Waals surface area contributed by atoms with E-state index in [4.69, 9.17) is 5.73 Å². The van der Waals surface area contributed by atoms with E-state index in [1.165, 1.54) is 11.9 Å². The van der Waals surface area contributed by atoms with E-state index < -0.39 is 0 Å². The zero-order chi connectivity index (χ0) is 13.0. The highest BCUT2D eigenvalue weighted by Gasteiger charge is 2.21. The molecule has 2 amide bonds. The van der Waals surface area contributed by atoms with Crippen LogP contribution in [0.25, 0.3) is 0 Å². The average molecular weight is 256 g/mol. The molecule has 0 aliphatic rings. The van der Waals surface area contributed by atoms with Gasteiger partial charge in [-0.05, 0) is 13.8 Å². The molecular formula is C10H16N4O2S. The van der Waals surface area contributed by atoms with Gasteiger partial charge >= 0.3 is 0 Å². The largest absolute Gasteiger partial charge is 0.375 e. The molecule has 0 saturated carbocycles. The number of nitrogen functional groups attached to an aromatic ring is 1. The SMILES string of the molecule is CCN(CC(=O)NC)C(=O)c1sc(N)nc1C. The number of aryl methyl sites for hydroxylation is 1. The maximum Gasteiger partial charge on any atom is 0.266 e. The number of amides is 2. The number of carbonyl (C=O) groups excluding carboxylic acids is 2. The number of anilines is 1. The van der Waals surface area contributed by atoms with E-state index in [-0.39, 0.29) is 18.4 Å². The van der Waals surface area contributed by atoms with Crippen LogP contribution in [0.2, 0.25) is 0 Å². The predicted molar refractivity (Wildman–Crippen MR) is 66.9 cm³/mol. The van der Waals surface area contributed by atoms with Gasteiger partial charge in [0, 0.05) is 13.6 Å². The van der Waals surface area contributed by atoms with Crippen molar-refractivity contribution in [3.8, 4) is 0 Å². The van der Waals surface area contributed by atoms with Crippen molar-refractivity contribution in [3.05, 3.63) is 10.6 Å². The third-order valence-corrected chi connectivity index (χ3v) is 3.26. The van der Waals surface area contributed by atoms with Gasteiger partial charge in [0.25, 0.3) is 5.91 Å². The zero-order valence-electron chi connectivity index (χ0n) is 10.1. The topological polar surface area (TPSA) is 88.3 Å². The van der Waals surface area contributed by atoms with Crippen LogP contribution in [-0.4, -0.2) is 41.8 Å². The molecule has 0 atom stereocenters. The molecule has 0 radical (unpaired) electrons. The van der Waals surface area contributed by atoms with E-state index in [1.807, 2.05) is 6.92 Å². The van der Waals surface area contributed by atoms with Gasteiger partial charge < -0.3 is 16.0 Å². The van der Waals surface area contributed by atoms with Crippen LogP contribution in [0.3, 0.4) is 0 Å². The molecule has 0 unspecified atom stereocenters. The first kappa shape index (κ1) is 13.4. The number of nitrogens with zero attached hydrogens (tertiary/aromatic N) is 2. The Kier molecular flexibility index (Phi) is 4.45. The summed E-state index contributed by atoms with van der Waals surface area (Å²) < 4.78 is 0. The first-order valence-corrected chi connectivity index (χ1v) is 6.04. The summed E-state index contributed by atoms with van der Waals surface area (Å²) in [5, 5.41) is 2.85. The predicted octanol–water partition coefficient (Wildman–Crippen LogP) is 0.242. The molecule has 7 heteroatoms. The van der Waals surface area contributed by atoms with Gasteiger partial charge in [-0.3, -0.25) is 9.59 Å². The minimum Gasteiger partial charge on any atom is -0.375 e. The van der Waals surface area contributed by atoms with Crippen molar-refractivity contribution < 1.29 is 9.59 Å². The first-order chi connectivity index (χ1) is 7.99. The molecule has 1 aromatic heterocycles. The third-order valence-electron chi connectivity index (χ3n) is 2.29. The molecule has 0 bridgehead atoms. The Labute approximate surface area is 104 Å². The number of nitrogens with two attached hydrogens (primary N) is 1. The number of carbonyl (C=O) groups is 2. The van der Waals surface area contributed by atoms with Gasteiger partial charge in [0.2, 0.25) is 5.91 Å². The van der Waals surface area contributed by atoms with Gasteiger partial charge in [-0.25, -0.2) is 4.98 Å². The lowest BCUT2D eigenvalue weighted by atomic mass is 10.3. The average Bonchev–Trinajstić information content (AvgIpc) is 2.64. The summed E-state index contributed by atoms with van der Waals surface area (Å²) in [5.41, 5.74) is 6.15. The fourth-order valence-corrected chi connectivity index (χ4v) is 2.14. The molecule has 0 aliphatic heterocycles. The first-order valence-electron chi connectivity index (χ1n) is 5.22. The minimum absolute atomic E-state index is 0.0447. The lowest BCUT2D eigenvalue weighted by Crippen LogP contribution is -2.39. The second kappa shape index (κ2) is 5.62. The number of hydrogen-bond donors (Lipinski definition) is 2. The third kappa shape index (κ3) is 3.16. The molecule has 0 saturated heterocycles. The fourth-order valence-electron chi connectivity index (χ4n) is 1.34. The highest BCUT2D eigenvalue weighted by molar-refractivity contribution is 7.17. The van der Waals surface area contributed by atoms with E-state index >= 15 is 0 Å². The second-order valence-electron chi connectivity index (χ2n) is 3.46. The Morgan fingerprint density at radius 3 is 2.59 bits per heavy atom. The number of hydrogen-bond acceptors (Lipinski definition) is 5. The molecule has 0 fully saturated rings. The molecule has 0 spiro atoms. The molecule has 3 N–H and O–H groups in total. The standard InChI is InChI=1S/C10H16N4O2S/c1-4-14(5-7(15)12-3)9(16)8-6(2)13-10(11)17-8/h4-5H2,1-3H3,(H2,11,13)(H,12,15). The highest BCUT2D eigenvalue weighted by atomic mass is 32.1. The monoisotopic (exact) mass is 256 g/mol. The molecule has 17 heavy (non-hydrogen) atoms. The smallest absolute Gasteiger partial charge is 0.266 e. The number of nitrogens with one attached hydrogen (secondary N) is 1.